The van der Waals surface area contributed by atoms with Crippen LogP contribution in [-0.2, 0) is 10.0 Å². The molecule has 0 bridgehead atoms. The van der Waals surface area contributed by atoms with E-state index in [4.69, 9.17) is 5.73 Å². The van der Waals surface area contributed by atoms with Crippen molar-refractivity contribution in [3.05, 3.63) is 24.3 Å². The van der Waals surface area contributed by atoms with Gasteiger partial charge in [-0.3, -0.25) is 0 Å². The van der Waals surface area contributed by atoms with Crippen molar-refractivity contribution in [2.45, 2.75) is 38.5 Å². The maximum absolute atomic E-state index is 11.8. The second kappa shape index (κ2) is 7.77. The van der Waals surface area contributed by atoms with E-state index < -0.39 is 10.0 Å². The Hall–Kier alpha value is -1.11. The van der Waals surface area contributed by atoms with Gasteiger partial charge < -0.3 is 11.1 Å². The van der Waals surface area contributed by atoms with Gasteiger partial charge in [0.05, 0.1) is 4.90 Å². The van der Waals surface area contributed by atoms with Gasteiger partial charge >= 0.3 is 0 Å². The summed E-state index contributed by atoms with van der Waals surface area (Å²) in [4.78, 5) is 0.289. The molecule has 4 N–H and O–H groups in total. The number of hydrogen-bond acceptors (Lipinski definition) is 4. The van der Waals surface area contributed by atoms with Gasteiger partial charge in [0.25, 0.3) is 0 Å². The molecule has 0 spiro atoms. The van der Waals surface area contributed by atoms with E-state index in [-0.39, 0.29) is 10.3 Å². The normalized spacial score (nSPS) is 12.4. The summed E-state index contributed by atoms with van der Waals surface area (Å²) in [6.07, 6.45) is 2.07. The Morgan fingerprint density at radius 1 is 1.19 bits per heavy atom. The molecule has 0 fully saturated rings. The minimum atomic E-state index is -3.37. The number of sulfonamides is 1. The van der Waals surface area contributed by atoms with Crippen LogP contribution in [0.1, 0.15) is 33.6 Å². The molecule has 0 saturated heterocycles. The molecule has 0 heterocycles. The fourth-order valence-electron chi connectivity index (χ4n) is 2.04. The van der Waals surface area contributed by atoms with Gasteiger partial charge in [0.1, 0.15) is 0 Å². The van der Waals surface area contributed by atoms with Crippen molar-refractivity contribution in [1.29, 1.82) is 0 Å². The van der Waals surface area contributed by atoms with Crippen molar-refractivity contribution in [1.82, 2.24) is 4.72 Å². The third kappa shape index (κ3) is 6.03. The Morgan fingerprint density at radius 3 is 2.33 bits per heavy atom. The highest BCUT2D eigenvalue weighted by molar-refractivity contribution is 7.89. The first-order chi connectivity index (χ1) is 9.80. The van der Waals surface area contributed by atoms with Crippen LogP contribution >= 0.6 is 0 Å². The van der Waals surface area contributed by atoms with E-state index in [1.165, 1.54) is 0 Å². The molecule has 1 aromatic carbocycles. The van der Waals surface area contributed by atoms with E-state index in [9.17, 15) is 8.42 Å². The average Bonchev–Trinajstić information content (AvgIpc) is 2.44. The van der Waals surface area contributed by atoms with Crippen LogP contribution in [0.25, 0.3) is 0 Å². The predicted molar refractivity (Wildman–Crippen MR) is 87.9 cm³/mol. The summed E-state index contributed by atoms with van der Waals surface area (Å²) >= 11 is 0. The van der Waals surface area contributed by atoms with Gasteiger partial charge in [-0.25, -0.2) is 13.1 Å². The molecule has 0 atom stereocenters. The molecule has 0 radical (unpaired) electrons. The predicted octanol–water partition coefficient (Wildman–Crippen LogP) is 2.16. The van der Waals surface area contributed by atoms with E-state index in [1.807, 2.05) is 0 Å². The first kappa shape index (κ1) is 17.9. The van der Waals surface area contributed by atoms with Gasteiger partial charge in [0.15, 0.2) is 0 Å². The van der Waals surface area contributed by atoms with E-state index in [0.29, 0.717) is 13.1 Å². The minimum absolute atomic E-state index is 0.161. The fourth-order valence-corrected chi connectivity index (χ4v) is 3.08. The van der Waals surface area contributed by atoms with Crippen molar-refractivity contribution in [3.63, 3.8) is 0 Å². The van der Waals surface area contributed by atoms with Crippen LogP contribution in [0.15, 0.2) is 29.2 Å². The SMILES string of the molecule is CCNS(=O)(=O)c1ccc(NCC(C)(C)CCCN)cc1. The van der Waals surface area contributed by atoms with Crippen molar-refractivity contribution < 1.29 is 8.42 Å². The Morgan fingerprint density at radius 2 is 1.81 bits per heavy atom. The summed E-state index contributed by atoms with van der Waals surface area (Å²) in [5.41, 5.74) is 6.62. The zero-order chi connectivity index (χ0) is 15.9. The van der Waals surface area contributed by atoms with Crippen LogP contribution in [0, 0.1) is 5.41 Å². The number of anilines is 1. The highest BCUT2D eigenvalue weighted by Crippen LogP contribution is 2.23. The number of nitrogens with one attached hydrogen (secondary N) is 2. The second-order valence-corrected chi connectivity index (χ2v) is 7.70. The zero-order valence-corrected chi connectivity index (χ0v) is 14.0. The summed E-state index contributed by atoms with van der Waals surface area (Å²) in [5, 5.41) is 3.35. The van der Waals surface area contributed by atoms with Crippen LogP contribution in [0.3, 0.4) is 0 Å². The van der Waals surface area contributed by atoms with Gasteiger partial charge in [-0.05, 0) is 49.1 Å². The Labute approximate surface area is 128 Å². The molecule has 0 aliphatic carbocycles. The molecule has 0 aliphatic rings. The summed E-state index contributed by atoms with van der Waals surface area (Å²) in [5.74, 6) is 0. The maximum atomic E-state index is 11.8. The zero-order valence-electron chi connectivity index (χ0n) is 13.1. The van der Waals surface area contributed by atoms with Crippen molar-refractivity contribution in [2.24, 2.45) is 11.1 Å². The number of benzene rings is 1. The van der Waals surface area contributed by atoms with Crippen molar-refractivity contribution in [2.75, 3.05) is 25.0 Å². The molecule has 6 heteroatoms. The molecule has 0 aliphatic heterocycles. The van der Waals surface area contributed by atoms with Crippen LogP contribution in [-0.4, -0.2) is 28.1 Å². The molecule has 21 heavy (non-hydrogen) atoms. The molecular formula is C15H27N3O2S. The third-order valence-electron chi connectivity index (χ3n) is 3.33. The highest BCUT2D eigenvalue weighted by Gasteiger charge is 2.17. The lowest BCUT2D eigenvalue weighted by atomic mass is 9.87. The van der Waals surface area contributed by atoms with Gasteiger partial charge in [-0.2, -0.15) is 0 Å². The lowest BCUT2D eigenvalue weighted by Gasteiger charge is -2.25. The van der Waals surface area contributed by atoms with Crippen LogP contribution in [0.2, 0.25) is 0 Å². The number of nitrogens with two attached hydrogens (primary N) is 1. The Bertz CT molecular complexity index is 524. The van der Waals surface area contributed by atoms with Crippen LogP contribution < -0.4 is 15.8 Å². The Kier molecular flexibility index (Phi) is 6.64. The van der Waals surface area contributed by atoms with E-state index in [1.54, 1.807) is 31.2 Å². The van der Waals surface area contributed by atoms with Crippen molar-refractivity contribution >= 4 is 15.7 Å². The highest BCUT2D eigenvalue weighted by atomic mass is 32.2. The molecule has 1 rings (SSSR count). The van der Waals surface area contributed by atoms with Gasteiger partial charge in [-0.15, -0.1) is 0 Å². The number of hydrogen-bond donors (Lipinski definition) is 3. The first-order valence-electron chi connectivity index (χ1n) is 7.34. The van der Waals surface area contributed by atoms with Gasteiger partial charge in [-0.1, -0.05) is 20.8 Å². The Balaban J connectivity index is 2.63. The standard InChI is InChI=1S/C15H27N3O2S/c1-4-18-21(19,20)14-8-6-13(7-9-14)17-12-15(2,3)10-5-11-16/h6-9,17-18H,4-5,10-12,16H2,1-3H3. The van der Waals surface area contributed by atoms with Crippen LogP contribution in [0.4, 0.5) is 5.69 Å². The maximum Gasteiger partial charge on any atom is 0.240 e. The summed E-state index contributed by atoms with van der Waals surface area (Å²) in [6.45, 7) is 8.07. The molecule has 0 aromatic heterocycles. The van der Waals surface area contributed by atoms with Crippen LogP contribution in [0.5, 0.6) is 0 Å². The third-order valence-corrected chi connectivity index (χ3v) is 4.89. The average molecular weight is 313 g/mol. The molecule has 0 saturated carbocycles. The summed E-state index contributed by atoms with van der Waals surface area (Å²) < 4.78 is 26.1. The quantitative estimate of drug-likeness (QED) is 0.652. The smallest absolute Gasteiger partial charge is 0.240 e. The molecule has 1 aromatic rings. The topological polar surface area (TPSA) is 84.2 Å². The monoisotopic (exact) mass is 313 g/mol. The van der Waals surface area contributed by atoms with Crippen molar-refractivity contribution in [3.8, 4) is 0 Å². The van der Waals surface area contributed by atoms with E-state index in [2.05, 4.69) is 23.9 Å². The second-order valence-electron chi connectivity index (χ2n) is 5.94. The number of rotatable bonds is 9. The molecular weight excluding hydrogens is 286 g/mol. The lowest BCUT2D eigenvalue weighted by Crippen LogP contribution is -2.24. The minimum Gasteiger partial charge on any atom is -0.385 e. The molecule has 0 amide bonds. The first-order valence-corrected chi connectivity index (χ1v) is 8.83. The summed E-state index contributed by atoms with van der Waals surface area (Å²) in [6, 6.07) is 6.83. The van der Waals surface area contributed by atoms with E-state index >= 15 is 0 Å². The fraction of sp³-hybridized carbons (Fsp3) is 0.600. The molecule has 0 unspecified atom stereocenters. The van der Waals surface area contributed by atoms with E-state index in [0.717, 1.165) is 25.1 Å². The largest absolute Gasteiger partial charge is 0.385 e. The lowest BCUT2D eigenvalue weighted by molar-refractivity contribution is 0.350. The molecule has 120 valence electrons. The van der Waals surface area contributed by atoms with Gasteiger partial charge in [0, 0.05) is 18.8 Å². The molecule has 5 nitrogen and oxygen atoms in total. The summed E-state index contributed by atoms with van der Waals surface area (Å²) in [7, 11) is -3.37. The van der Waals surface area contributed by atoms with Gasteiger partial charge in [0.2, 0.25) is 10.0 Å².